The smallest absolute Gasteiger partial charge is 0.251 e. The maximum Gasteiger partial charge on any atom is 0.251 e. The van der Waals surface area contributed by atoms with Gasteiger partial charge in [-0.1, -0.05) is 11.6 Å². The van der Waals surface area contributed by atoms with Gasteiger partial charge in [-0.2, -0.15) is 0 Å². The molecule has 1 aromatic rings. The van der Waals surface area contributed by atoms with E-state index in [0.717, 1.165) is 16.4 Å². The standard InChI is InChI=1S/C11H11ClINO/c12-9-6-7(4-5-10(9)13)11(15)14-8-2-1-3-8/h4-6,8H,1-3H2,(H,14,15). The van der Waals surface area contributed by atoms with E-state index in [9.17, 15) is 4.79 Å². The minimum atomic E-state index is -0.0157. The van der Waals surface area contributed by atoms with Gasteiger partial charge in [-0.05, 0) is 60.1 Å². The van der Waals surface area contributed by atoms with Crippen LogP contribution in [0.3, 0.4) is 0 Å². The lowest BCUT2D eigenvalue weighted by atomic mass is 9.93. The molecule has 0 radical (unpaired) electrons. The zero-order chi connectivity index (χ0) is 10.8. The van der Waals surface area contributed by atoms with Gasteiger partial charge in [-0.15, -0.1) is 0 Å². The van der Waals surface area contributed by atoms with Gasteiger partial charge in [0.25, 0.3) is 5.91 Å². The zero-order valence-electron chi connectivity index (χ0n) is 8.09. The number of halogens is 2. The summed E-state index contributed by atoms with van der Waals surface area (Å²) in [6.07, 6.45) is 3.42. The lowest BCUT2D eigenvalue weighted by molar-refractivity contribution is 0.0917. The molecule has 15 heavy (non-hydrogen) atoms. The van der Waals surface area contributed by atoms with Crippen molar-refractivity contribution in [1.82, 2.24) is 5.32 Å². The lowest BCUT2D eigenvalue weighted by Crippen LogP contribution is -2.39. The molecule has 1 aliphatic carbocycles. The van der Waals surface area contributed by atoms with Crippen LogP contribution in [0.1, 0.15) is 29.6 Å². The summed E-state index contributed by atoms with van der Waals surface area (Å²) in [6, 6.07) is 5.76. The number of rotatable bonds is 2. The highest BCUT2D eigenvalue weighted by molar-refractivity contribution is 14.1. The molecular formula is C11H11ClINO. The Hall–Kier alpha value is -0.290. The maximum absolute atomic E-state index is 11.7. The Morgan fingerprint density at radius 3 is 2.73 bits per heavy atom. The summed E-state index contributed by atoms with van der Waals surface area (Å²) in [5, 5.41) is 3.62. The fourth-order valence-electron chi connectivity index (χ4n) is 1.46. The summed E-state index contributed by atoms with van der Waals surface area (Å²) < 4.78 is 0.967. The van der Waals surface area contributed by atoms with Crippen molar-refractivity contribution in [2.24, 2.45) is 0 Å². The second kappa shape index (κ2) is 4.70. The molecule has 1 N–H and O–H groups in total. The quantitative estimate of drug-likeness (QED) is 0.826. The third kappa shape index (κ3) is 2.64. The predicted octanol–water partition coefficient (Wildman–Crippen LogP) is 3.23. The van der Waals surface area contributed by atoms with Crippen LogP contribution in [0.5, 0.6) is 0 Å². The number of benzene rings is 1. The topological polar surface area (TPSA) is 29.1 Å². The Bertz CT molecular complexity index is 390. The Balaban J connectivity index is 2.07. The molecule has 1 amide bonds. The first kappa shape index (κ1) is 11.2. The summed E-state index contributed by atoms with van der Waals surface area (Å²) in [5.74, 6) is -0.0157. The molecule has 0 saturated heterocycles. The van der Waals surface area contributed by atoms with E-state index in [-0.39, 0.29) is 5.91 Å². The largest absolute Gasteiger partial charge is 0.349 e. The van der Waals surface area contributed by atoms with E-state index >= 15 is 0 Å². The van der Waals surface area contributed by atoms with Gasteiger partial charge >= 0.3 is 0 Å². The molecule has 80 valence electrons. The van der Waals surface area contributed by atoms with Crippen molar-refractivity contribution >= 4 is 40.1 Å². The second-order valence-electron chi connectivity index (χ2n) is 3.73. The van der Waals surface area contributed by atoms with Gasteiger partial charge in [-0.3, -0.25) is 4.79 Å². The van der Waals surface area contributed by atoms with Crippen molar-refractivity contribution in [2.45, 2.75) is 25.3 Å². The van der Waals surface area contributed by atoms with Gasteiger partial charge in [0.2, 0.25) is 0 Å². The van der Waals surface area contributed by atoms with Crippen LogP contribution >= 0.6 is 34.2 Å². The average molecular weight is 336 g/mol. The summed E-state index contributed by atoms with van der Waals surface area (Å²) in [4.78, 5) is 11.7. The van der Waals surface area contributed by atoms with E-state index in [1.165, 1.54) is 6.42 Å². The molecule has 4 heteroatoms. The van der Waals surface area contributed by atoms with Crippen LogP contribution in [0, 0.1) is 3.57 Å². The van der Waals surface area contributed by atoms with Crippen molar-refractivity contribution in [3.8, 4) is 0 Å². The Kier molecular flexibility index (Phi) is 3.51. The highest BCUT2D eigenvalue weighted by atomic mass is 127. The molecule has 1 fully saturated rings. The van der Waals surface area contributed by atoms with Crippen molar-refractivity contribution in [3.63, 3.8) is 0 Å². The number of amides is 1. The zero-order valence-corrected chi connectivity index (χ0v) is 11.0. The average Bonchev–Trinajstić information content (AvgIpc) is 2.15. The normalized spacial score (nSPS) is 15.9. The Labute approximate surface area is 108 Å². The summed E-state index contributed by atoms with van der Waals surface area (Å²) in [5.41, 5.74) is 0.646. The first-order valence-corrected chi connectivity index (χ1v) is 6.38. The molecule has 0 aliphatic heterocycles. The first-order chi connectivity index (χ1) is 7.16. The van der Waals surface area contributed by atoms with E-state index in [1.807, 2.05) is 12.1 Å². The summed E-state index contributed by atoms with van der Waals surface area (Å²) in [6.45, 7) is 0. The van der Waals surface area contributed by atoms with Gasteiger partial charge in [0.05, 0.1) is 5.02 Å². The lowest BCUT2D eigenvalue weighted by Gasteiger charge is -2.26. The van der Waals surface area contributed by atoms with Crippen molar-refractivity contribution < 1.29 is 4.79 Å². The third-order valence-corrected chi connectivity index (χ3v) is 4.19. The summed E-state index contributed by atoms with van der Waals surface area (Å²) >= 11 is 8.10. The minimum Gasteiger partial charge on any atom is -0.349 e. The molecule has 2 rings (SSSR count). The molecular weight excluding hydrogens is 324 g/mol. The van der Waals surface area contributed by atoms with Crippen molar-refractivity contribution in [2.75, 3.05) is 0 Å². The van der Waals surface area contributed by atoms with E-state index in [1.54, 1.807) is 6.07 Å². The Morgan fingerprint density at radius 1 is 1.47 bits per heavy atom. The van der Waals surface area contributed by atoms with Crippen molar-refractivity contribution in [3.05, 3.63) is 32.4 Å². The fourth-order valence-corrected chi connectivity index (χ4v) is 1.97. The molecule has 0 spiro atoms. The number of hydrogen-bond donors (Lipinski definition) is 1. The first-order valence-electron chi connectivity index (χ1n) is 4.93. The van der Waals surface area contributed by atoms with Crippen LogP contribution in [0.25, 0.3) is 0 Å². The second-order valence-corrected chi connectivity index (χ2v) is 5.30. The predicted molar refractivity (Wildman–Crippen MR) is 69.3 cm³/mol. The minimum absolute atomic E-state index is 0.0157. The van der Waals surface area contributed by atoms with E-state index in [4.69, 9.17) is 11.6 Å². The molecule has 0 bridgehead atoms. The van der Waals surface area contributed by atoms with Crippen LogP contribution in [-0.2, 0) is 0 Å². The van der Waals surface area contributed by atoms with Crippen LogP contribution < -0.4 is 5.32 Å². The number of carbonyl (C=O) groups is 1. The van der Waals surface area contributed by atoms with E-state index in [2.05, 4.69) is 27.9 Å². The molecule has 2 nitrogen and oxygen atoms in total. The van der Waals surface area contributed by atoms with Gasteiger partial charge < -0.3 is 5.32 Å². The van der Waals surface area contributed by atoms with Crippen LogP contribution in [0.4, 0.5) is 0 Å². The number of carbonyl (C=O) groups excluding carboxylic acids is 1. The fraction of sp³-hybridized carbons (Fsp3) is 0.364. The molecule has 0 heterocycles. The Morgan fingerprint density at radius 2 is 2.20 bits per heavy atom. The van der Waals surface area contributed by atoms with Gasteiger partial charge in [0.15, 0.2) is 0 Å². The van der Waals surface area contributed by atoms with Crippen LogP contribution in [0.2, 0.25) is 5.02 Å². The molecule has 0 atom stereocenters. The molecule has 1 aliphatic rings. The highest BCUT2D eigenvalue weighted by Gasteiger charge is 2.20. The summed E-state index contributed by atoms with van der Waals surface area (Å²) in [7, 11) is 0. The van der Waals surface area contributed by atoms with Gasteiger partial charge in [-0.25, -0.2) is 0 Å². The molecule has 0 aromatic heterocycles. The number of hydrogen-bond acceptors (Lipinski definition) is 1. The highest BCUT2D eigenvalue weighted by Crippen LogP contribution is 2.21. The van der Waals surface area contributed by atoms with Crippen LogP contribution in [0.15, 0.2) is 18.2 Å². The van der Waals surface area contributed by atoms with E-state index < -0.39 is 0 Å². The maximum atomic E-state index is 11.7. The van der Waals surface area contributed by atoms with E-state index in [0.29, 0.717) is 16.6 Å². The van der Waals surface area contributed by atoms with Gasteiger partial charge in [0, 0.05) is 15.2 Å². The third-order valence-electron chi connectivity index (χ3n) is 2.62. The monoisotopic (exact) mass is 335 g/mol. The number of nitrogens with one attached hydrogen (secondary N) is 1. The molecule has 1 aromatic carbocycles. The SMILES string of the molecule is O=C(NC1CCC1)c1ccc(I)c(Cl)c1. The van der Waals surface area contributed by atoms with Crippen LogP contribution in [-0.4, -0.2) is 11.9 Å². The molecule has 1 saturated carbocycles. The van der Waals surface area contributed by atoms with Crippen molar-refractivity contribution in [1.29, 1.82) is 0 Å². The van der Waals surface area contributed by atoms with Gasteiger partial charge in [0.1, 0.15) is 0 Å². The molecule has 0 unspecified atom stereocenters.